The van der Waals surface area contributed by atoms with Crippen molar-refractivity contribution >= 4 is 43.2 Å². The zero-order valence-corrected chi connectivity index (χ0v) is 14.7. The monoisotopic (exact) mass is 367 g/mol. The number of anilines is 1. The zero-order valence-electron chi connectivity index (χ0n) is 13.1. The molecule has 2 heterocycles. The predicted octanol–water partition coefficient (Wildman–Crippen LogP) is 3.67. The molecular formula is C16H15F2N3OS2. The van der Waals surface area contributed by atoms with Gasteiger partial charge in [-0.15, -0.1) is 11.3 Å². The number of hydrogen-bond acceptors (Lipinski definition) is 5. The molecule has 8 heteroatoms. The van der Waals surface area contributed by atoms with Crippen LogP contribution in [0.15, 0.2) is 24.3 Å². The van der Waals surface area contributed by atoms with Gasteiger partial charge in [-0.25, -0.2) is 13.8 Å². The van der Waals surface area contributed by atoms with Crippen LogP contribution in [0.1, 0.15) is 15.2 Å². The standard InChI is InChI=1S/C16H15F2N3OS2/c1-21(2)16-20-15-13(24-16)8-12(23-15)14(22)19-4-3-9-5-10(17)7-11(18)6-9/h5-8H,3-4H2,1-2H3,(H,19,22). The van der Waals surface area contributed by atoms with Crippen LogP contribution >= 0.6 is 22.7 Å². The van der Waals surface area contributed by atoms with Gasteiger partial charge in [-0.3, -0.25) is 4.79 Å². The van der Waals surface area contributed by atoms with E-state index in [-0.39, 0.29) is 5.91 Å². The highest BCUT2D eigenvalue weighted by atomic mass is 32.1. The first-order valence-electron chi connectivity index (χ1n) is 7.23. The quantitative estimate of drug-likeness (QED) is 0.748. The number of thiazole rings is 1. The van der Waals surface area contributed by atoms with E-state index in [1.165, 1.54) is 34.8 Å². The summed E-state index contributed by atoms with van der Waals surface area (Å²) in [5, 5.41) is 3.67. The van der Waals surface area contributed by atoms with E-state index in [4.69, 9.17) is 0 Å². The first-order valence-corrected chi connectivity index (χ1v) is 8.86. The molecule has 1 N–H and O–H groups in total. The van der Waals surface area contributed by atoms with Gasteiger partial charge in [0.25, 0.3) is 5.91 Å². The van der Waals surface area contributed by atoms with Crippen LogP contribution in [-0.2, 0) is 6.42 Å². The molecule has 3 rings (SSSR count). The number of halogens is 2. The lowest BCUT2D eigenvalue weighted by atomic mass is 10.1. The first-order chi connectivity index (χ1) is 11.4. The van der Waals surface area contributed by atoms with Crippen LogP contribution in [0.25, 0.3) is 9.53 Å². The van der Waals surface area contributed by atoms with Gasteiger partial charge in [-0.1, -0.05) is 11.3 Å². The van der Waals surface area contributed by atoms with Gasteiger partial charge in [-0.05, 0) is 30.2 Å². The highest BCUT2D eigenvalue weighted by Crippen LogP contribution is 2.33. The van der Waals surface area contributed by atoms with Crippen LogP contribution in [0.3, 0.4) is 0 Å². The van der Waals surface area contributed by atoms with E-state index in [2.05, 4.69) is 10.3 Å². The molecule has 0 saturated carbocycles. The van der Waals surface area contributed by atoms with Gasteiger partial charge < -0.3 is 10.2 Å². The second kappa shape index (κ2) is 6.82. The van der Waals surface area contributed by atoms with Crippen LogP contribution in [0.5, 0.6) is 0 Å². The number of thiophene rings is 1. The van der Waals surface area contributed by atoms with E-state index in [0.29, 0.717) is 23.4 Å². The van der Waals surface area contributed by atoms with Crippen molar-refractivity contribution in [1.29, 1.82) is 0 Å². The van der Waals surface area contributed by atoms with E-state index in [1.54, 1.807) is 0 Å². The number of amides is 1. The number of fused-ring (bicyclic) bond motifs is 1. The Balaban J connectivity index is 1.61. The highest BCUT2D eigenvalue weighted by Gasteiger charge is 2.14. The van der Waals surface area contributed by atoms with Crippen molar-refractivity contribution in [2.75, 3.05) is 25.5 Å². The fraction of sp³-hybridized carbons (Fsp3) is 0.250. The largest absolute Gasteiger partial charge is 0.354 e. The molecule has 0 atom stereocenters. The molecule has 0 radical (unpaired) electrons. The fourth-order valence-corrected chi connectivity index (χ4v) is 4.24. The van der Waals surface area contributed by atoms with Crippen molar-refractivity contribution in [2.45, 2.75) is 6.42 Å². The molecule has 4 nitrogen and oxygen atoms in total. The zero-order chi connectivity index (χ0) is 17.3. The van der Waals surface area contributed by atoms with Crippen molar-refractivity contribution in [3.63, 3.8) is 0 Å². The van der Waals surface area contributed by atoms with Crippen molar-refractivity contribution in [3.8, 4) is 0 Å². The number of rotatable bonds is 5. The maximum absolute atomic E-state index is 13.1. The number of hydrogen-bond donors (Lipinski definition) is 1. The lowest BCUT2D eigenvalue weighted by molar-refractivity contribution is 0.0958. The number of nitrogens with zero attached hydrogens (tertiary/aromatic N) is 2. The molecule has 126 valence electrons. The van der Waals surface area contributed by atoms with E-state index in [9.17, 15) is 13.6 Å². The molecular weight excluding hydrogens is 352 g/mol. The predicted molar refractivity (Wildman–Crippen MR) is 94.2 cm³/mol. The van der Waals surface area contributed by atoms with Crippen molar-refractivity contribution < 1.29 is 13.6 Å². The van der Waals surface area contributed by atoms with Crippen LogP contribution in [0.4, 0.5) is 13.9 Å². The Kier molecular flexibility index (Phi) is 4.77. The summed E-state index contributed by atoms with van der Waals surface area (Å²) in [7, 11) is 3.84. The van der Waals surface area contributed by atoms with Crippen molar-refractivity contribution in [1.82, 2.24) is 10.3 Å². The number of nitrogens with one attached hydrogen (secondary N) is 1. The summed E-state index contributed by atoms with van der Waals surface area (Å²) < 4.78 is 27.2. The van der Waals surface area contributed by atoms with Crippen LogP contribution in [-0.4, -0.2) is 31.5 Å². The lowest BCUT2D eigenvalue weighted by Gasteiger charge is -2.05. The summed E-state index contributed by atoms with van der Waals surface area (Å²) in [4.78, 5) is 20.0. The summed E-state index contributed by atoms with van der Waals surface area (Å²) in [5.41, 5.74) is 0.511. The first kappa shape index (κ1) is 16.8. The average molecular weight is 367 g/mol. The second-order valence-electron chi connectivity index (χ2n) is 5.45. The summed E-state index contributed by atoms with van der Waals surface area (Å²) in [6.07, 6.45) is 0.364. The Hall–Kier alpha value is -2.06. The van der Waals surface area contributed by atoms with E-state index >= 15 is 0 Å². The van der Waals surface area contributed by atoms with Gasteiger partial charge in [0.2, 0.25) is 0 Å². The molecule has 0 aliphatic carbocycles. The Bertz CT molecular complexity index is 837. The molecule has 0 fully saturated rings. The molecule has 3 aromatic rings. The molecule has 1 amide bonds. The lowest BCUT2D eigenvalue weighted by Crippen LogP contribution is -2.24. The number of carbonyl (C=O) groups is 1. The summed E-state index contributed by atoms with van der Waals surface area (Å²) in [6, 6.07) is 5.18. The van der Waals surface area contributed by atoms with Gasteiger partial charge in [0.05, 0.1) is 9.58 Å². The Morgan fingerprint density at radius 3 is 2.50 bits per heavy atom. The smallest absolute Gasteiger partial charge is 0.261 e. The average Bonchev–Trinajstić information content (AvgIpc) is 3.04. The van der Waals surface area contributed by atoms with Crippen molar-refractivity contribution in [2.24, 2.45) is 0 Å². The molecule has 0 spiro atoms. The van der Waals surface area contributed by atoms with Gasteiger partial charge in [-0.2, -0.15) is 0 Å². The molecule has 24 heavy (non-hydrogen) atoms. The third-order valence-corrected chi connectivity index (χ3v) is 5.63. The van der Waals surface area contributed by atoms with Gasteiger partial charge in [0.15, 0.2) is 5.13 Å². The van der Waals surface area contributed by atoms with Gasteiger partial charge in [0.1, 0.15) is 16.5 Å². The summed E-state index contributed by atoms with van der Waals surface area (Å²) in [5.74, 6) is -1.43. The summed E-state index contributed by atoms with van der Waals surface area (Å²) >= 11 is 2.86. The minimum Gasteiger partial charge on any atom is -0.354 e. The molecule has 0 saturated heterocycles. The molecule has 0 aliphatic rings. The second-order valence-corrected chi connectivity index (χ2v) is 7.49. The fourth-order valence-electron chi connectivity index (χ4n) is 2.19. The third kappa shape index (κ3) is 3.70. The third-order valence-electron chi connectivity index (χ3n) is 3.31. The molecule has 0 bridgehead atoms. The number of aromatic nitrogens is 1. The number of carbonyl (C=O) groups excluding carboxylic acids is 1. The van der Waals surface area contributed by atoms with E-state index in [0.717, 1.165) is 20.7 Å². The maximum atomic E-state index is 13.1. The summed E-state index contributed by atoms with van der Waals surface area (Å²) in [6.45, 7) is 0.309. The number of benzene rings is 1. The highest BCUT2D eigenvalue weighted by molar-refractivity contribution is 7.29. The van der Waals surface area contributed by atoms with E-state index in [1.807, 2.05) is 25.1 Å². The van der Waals surface area contributed by atoms with E-state index < -0.39 is 11.6 Å². The minimum atomic E-state index is -0.613. The Morgan fingerprint density at radius 1 is 1.17 bits per heavy atom. The van der Waals surface area contributed by atoms with Gasteiger partial charge in [0, 0.05) is 26.7 Å². The molecule has 0 aliphatic heterocycles. The van der Waals surface area contributed by atoms with Crippen LogP contribution in [0, 0.1) is 11.6 Å². The molecule has 1 aromatic carbocycles. The maximum Gasteiger partial charge on any atom is 0.261 e. The van der Waals surface area contributed by atoms with Crippen LogP contribution in [0.2, 0.25) is 0 Å². The molecule has 0 unspecified atom stereocenters. The van der Waals surface area contributed by atoms with Crippen LogP contribution < -0.4 is 10.2 Å². The Morgan fingerprint density at radius 2 is 1.88 bits per heavy atom. The van der Waals surface area contributed by atoms with Gasteiger partial charge >= 0.3 is 0 Å². The normalized spacial score (nSPS) is 11.0. The minimum absolute atomic E-state index is 0.200. The SMILES string of the molecule is CN(C)c1nc2sc(C(=O)NCCc3cc(F)cc(F)c3)cc2s1. The van der Waals surface area contributed by atoms with Crippen molar-refractivity contribution in [3.05, 3.63) is 46.3 Å². The molecule has 2 aromatic heterocycles. The topological polar surface area (TPSA) is 45.2 Å². The Labute approximate surface area is 145 Å².